The number of hydrogen-bond donors (Lipinski definition) is 1. The van der Waals surface area contributed by atoms with Gasteiger partial charge in [0.2, 0.25) is 5.95 Å². The minimum atomic E-state index is 0.515. The number of nitrogens with one attached hydrogen (secondary N) is 1. The summed E-state index contributed by atoms with van der Waals surface area (Å²) in [6, 6.07) is 9.51. The van der Waals surface area contributed by atoms with Gasteiger partial charge in [0.15, 0.2) is 5.82 Å². The maximum absolute atomic E-state index is 5.39. The number of aryl methyl sites for hydroxylation is 2. The second-order valence-corrected chi connectivity index (χ2v) is 5.61. The van der Waals surface area contributed by atoms with Crippen molar-refractivity contribution in [3.05, 3.63) is 53.5 Å². The third-order valence-corrected chi connectivity index (χ3v) is 3.79. The van der Waals surface area contributed by atoms with Crippen LogP contribution in [-0.4, -0.2) is 34.0 Å². The van der Waals surface area contributed by atoms with Crippen molar-refractivity contribution in [3.63, 3.8) is 0 Å². The predicted octanol–water partition coefficient (Wildman–Crippen LogP) is 2.91. The van der Waals surface area contributed by atoms with Crippen LogP contribution < -0.4 is 14.8 Å². The Morgan fingerprint density at radius 3 is 2.60 bits per heavy atom. The first-order valence-electron chi connectivity index (χ1n) is 7.92. The van der Waals surface area contributed by atoms with Crippen LogP contribution in [0, 0.1) is 13.8 Å². The van der Waals surface area contributed by atoms with E-state index in [1.807, 2.05) is 44.2 Å². The molecule has 0 bridgehead atoms. The van der Waals surface area contributed by atoms with E-state index in [0.29, 0.717) is 12.5 Å². The van der Waals surface area contributed by atoms with Gasteiger partial charge in [-0.1, -0.05) is 0 Å². The van der Waals surface area contributed by atoms with E-state index in [1.165, 1.54) is 0 Å². The average Bonchev–Trinajstić information content (AvgIpc) is 2.98. The number of methoxy groups -OCH3 is 2. The molecule has 7 nitrogen and oxygen atoms in total. The summed E-state index contributed by atoms with van der Waals surface area (Å²) in [7, 11) is 3.28. The SMILES string of the molecule is COc1ccc(OC)c(CNc2nccc(-n3nc(C)cc3C)n2)c1. The van der Waals surface area contributed by atoms with Crippen molar-refractivity contribution in [3.8, 4) is 17.3 Å². The number of benzene rings is 1. The van der Waals surface area contributed by atoms with Crippen LogP contribution in [0.15, 0.2) is 36.5 Å². The molecular formula is C18H21N5O2. The molecule has 130 valence electrons. The van der Waals surface area contributed by atoms with Crippen LogP contribution in [0.25, 0.3) is 5.82 Å². The summed E-state index contributed by atoms with van der Waals surface area (Å²) in [6.07, 6.45) is 1.71. The van der Waals surface area contributed by atoms with Gasteiger partial charge in [0, 0.05) is 30.1 Å². The lowest BCUT2D eigenvalue weighted by Crippen LogP contribution is -2.08. The van der Waals surface area contributed by atoms with Gasteiger partial charge in [-0.3, -0.25) is 0 Å². The van der Waals surface area contributed by atoms with Crippen molar-refractivity contribution < 1.29 is 9.47 Å². The van der Waals surface area contributed by atoms with Gasteiger partial charge in [0.25, 0.3) is 0 Å². The first-order chi connectivity index (χ1) is 12.1. The van der Waals surface area contributed by atoms with Gasteiger partial charge in [-0.15, -0.1) is 0 Å². The number of hydrogen-bond acceptors (Lipinski definition) is 6. The molecule has 0 amide bonds. The third kappa shape index (κ3) is 3.71. The molecule has 0 atom stereocenters. The summed E-state index contributed by atoms with van der Waals surface area (Å²) < 4.78 is 12.5. The summed E-state index contributed by atoms with van der Waals surface area (Å²) in [5.74, 6) is 2.80. The Hall–Kier alpha value is -3.09. The van der Waals surface area contributed by atoms with Gasteiger partial charge < -0.3 is 14.8 Å². The lowest BCUT2D eigenvalue weighted by Gasteiger charge is -2.12. The molecule has 3 aromatic rings. The van der Waals surface area contributed by atoms with Crippen molar-refractivity contribution >= 4 is 5.95 Å². The Kier molecular flexibility index (Phi) is 4.83. The van der Waals surface area contributed by atoms with E-state index in [0.717, 1.165) is 34.3 Å². The Balaban J connectivity index is 1.80. The van der Waals surface area contributed by atoms with E-state index in [4.69, 9.17) is 9.47 Å². The number of nitrogens with zero attached hydrogens (tertiary/aromatic N) is 4. The molecule has 0 aliphatic carbocycles. The molecule has 25 heavy (non-hydrogen) atoms. The lowest BCUT2D eigenvalue weighted by atomic mass is 10.2. The van der Waals surface area contributed by atoms with Crippen LogP contribution in [-0.2, 0) is 6.54 Å². The Bertz CT molecular complexity index is 876. The zero-order valence-corrected chi connectivity index (χ0v) is 14.8. The van der Waals surface area contributed by atoms with E-state index < -0.39 is 0 Å². The van der Waals surface area contributed by atoms with Gasteiger partial charge in [-0.25, -0.2) is 9.67 Å². The first kappa shape index (κ1) is 16.8. The normalized spacial score (nSPS) is 10.6. The first-order valence-corrected chi connectivity index (χ1v) is 7.92. The number of rotatable bonds is 6. The van der Waals surface area contributed by atoms with Crippen LogP contribution in [0.5, 0.6) is 11.5 Å². The molecule has 0 aliphatic heterocycles. The van der Waals surface area contributed by atoms with Crippen molar-refractivity contribution in [1.29, 1.82) is 0 Å². The second kappa shape index (κ2) is 7.21. The largest absolute Gasteiger partial charge is 0.497 e. The molecule has 3 rings (SSSR count). The fourth-order valence-electron chi connectivity index (χ4n) is 2.61. The molecule has 0 saturated heterocycles. The molecule has 2 aromatic heterocycles. The van der Waals surface area contributed by atoms with E-state index in [1.54, 1.807) is 25.1 Å². The second-order valence-electron chi connectivity index (χ2n) is 5.61. The summed E-state index contributed by atoms with van der Waals surface area (Å²) in [5, 5.41) is 7.68. The molecule has 0 fully saturated rings. The minimum Gasteiger partial charge on any atom is -0.497 e. The lowest BCUT2D eigenvalue weighted by molar-refractivity contribution is 0.399. The maximum atomic E-state index is 5.39. The van der Waals surface area contributed by atoms with Crippen LogP contribution in [0.1, 0.15) is 17.0 Å². The van der Waals surface area contributed by atoms with Crippen molar-refractivity contribution in [2.45, 2.75) is 20.4 Å². The third-order valence-electron chi connectivity index (χ3n) is 3.79. The Labute approximate surface area is 146 Å². The highest BCUT2D eigenvalue weighted by Gasteiger charge is 2.08. The highest BCUT2D eigenvalue weighted by atomic mass is 16.5. The van der Waals surface area contributed by atoms with Crippen molar-refractivity contribution in [2.75, 3.05) is 19.5 Å². The molecule has 0 radical (unpaired) electrons. The van der Waals surface area contributed by atoms with Crippen LogP contribution >= 0.6 is 0 Å². The number of ether oxygens (including phenoxy) is 2. The zero-order chi connectivity index (χ0) is 17.8. The summed E-state index contributed by atoms with van der Waals surface area (Å²) >= 11 is 0. The highest BCUT2D eigenvalue weighted by Crippen LogP contribution is 2.24. The van der Waals surface area contributed by atoms with Crippen molar-refractivity contribution in [2.24, 2.45) is 0 Å². The molecule has 0 saturated carbocycles. The molecule has 7 heteroatoms. The quantitative estimate of drug-likeness (QED) is 0.744. The van der Waals surface area contributed by atoms with E-state index in [2.05, 4.69) is 20.4 Å². The average molecular weight is 339 g/mol. The number of anilines is 1. The summed E-state index contributed by atoms with van der Waals surface area (Å²) in [4.78, 5) is 8.82. The van der Waals surface area contributed by atoms with E-state index in [-0.39, 0.29) is 0 Å². The molecule has 0 spiro atoms. The number of aromatic nitrogens is 4. The van der Waals surface area contributed by atoms with E-state index in [9.17, 15) is 0 Å². The minimum absolute atomic E-state index is 0.515. The maximum Gasteiger partial charge on any atom is 0.224 e. The van der Waals surface area contributed by atoms with Crippen LogP contribution in [0.3, 0.4) is 0 Å². The molecule has 2 heterocycles. The monoisotopic (exact) mass is 339 g/mol. The molecular weight excluding hydrogens is 318 g/mol. The van der Waals surface area contributed by atoms with Gasteiger partial charge >= 0.3 is 0 Å². The Morgan fingerprint density at radius 1 is 1.08 bits per heavy atom. The van der Waals surface area contributed by atoms with Gasteiger partial charge in [-0.05, 0) is 38.1 Å². The molecule has 1 N–H and O–H groups in total. The van der Waals surface area contributed by atoms with Crippen LogP contribution in [0.2, 0.25) is 0 Å². The standard InChI is InChI=1S/C18H21N5O2/c1-12-9-13(2)23(22-12)17-7-8-19-18(21-17)20-11-14-10-15(24-3)5-6-16(14)25-4/h5-10H,11H2,1-4H3,(H,19,20,21). The highest BCUT2D eigenvalue weighted by molar-refractivity contribution is 5.43. The van der Waals surface area contributed by atoms with Crippen molar-refractivity contribution in [1.82, 2.24) is 19.7 Å². The molecule has 1 aromatic carbocycles. The summed E-state index contributed by atoms with van der Waals surface area (Å²) in [5.41, 5.74) is 2.94. The molecule has 0 aliphatic rings. The topological polar surface area (TPSA) is 74.1 Å². The molecule has 0 unspecified atom stereocenters. The summed E-state index contributed by atoms with van der Waals surface area (Å²) in [6.45, 7) is 4.47. The zero-order valence-electron chi connectivity index (χ0n) is 14.8. The van der Waals surface area contributed by atoms with Crippen LogP contribution in [0.4, 0.5) is 5.95 Å². The van der Waals surface area contributed by atoms with E-state index >= 15 is 0 Å². The smallest absolute Gasteiger partial charge is 0.224 e. The predicted molar refractivity (Wildman–Crippen MR) is 95.5 cm³/mol. The fraction of sp³-hybridized carbons (Fsp3) is 0.278. The van der Waals surface area contributed by atoms with Gasteiger partial charge in [0.05, 0.1) is 19.9 Å². The Morgan fingerprint density at radius 2 is 1.92 bits per heavy atom. The fourth-order valence-corrected chi connectivity index (χ4v) is 2.61. The van der Waals surface area contributed by atoms with Gasteiger partial charge in [-0.2, -0.15) is 10.1 Å². The van der Waals surface area contributed by atoms with Gasteiger partial charge in [0.1, 0.15) is 11.5 Å².